The number of nitriles is 1. The van der Waals surface area contributed by atoms with E-state index in [1.54, 1.807) is 7.11 Å². The van der Waals surface area contributed by atoms with Crippen molar-refractivity contribution in [2.24, 2.45) is 0 Å². The lowest BCUT2D eigenvalue weighted by atomic mass is 9.83. The minimum absolute atomic E-state index is 0.174. The molecule has 3 heteroatoms. The zero-order valence-electron chi connectivity index (χ0n) is 14.1. The predicted octanol–water partition coefficient (Wildman–Crippen LogP) is 4.57. The maximum atomic E-state index is 9.51. The SMILES string of the molecule is CCC1=C(C)N(CC)C(C)=CC1c1ccc(OC)cc1C#N. The number of allylic oxidation sites excluding steroid dienone is 4. The van der Waals surface area contributed by atoms with Gasteiger partial charge in [-0.1, -0.05) is 19.1 Å². The second kappa shape index (κ2) is 6.70. The highest BCUT2D eigenvalue weighted by Gasteiger charge is 2.25. The molecule has 3 nitrogen and oxygen atoms in total. The Hall–Kier alpha value is -2.21. The summed E-state index contributed by atoms with van der Waals surface area (Å²) in [5, 5.41) is 9.51. The first kappa shape index (κ1) is 16.2. The number of hydrogen-bond acceptors (Lipinski definition) is 3. The van der Waals surface area contributed by atoms with E-state index in [4.69, 9.17) is 4.74 Å². The van der Waals surface area contributed by atoms with Gasteiger partial charge in [-0.3, -0.25) is 0 Å². The Kier molecular flexibility index (Phi) is 4.92. The minimum atomic E-state index is 0.174. The lowest BCUT2D eigenvalue weighted by Gasteiger charge is -2.35. The van der Waals surface area contributed by atoms with Gasteiger partial charge >= 0.3 is 0 Å². The Morgan fingerprint density at radius 3 is 2.55 bits per heavy atom. The maximum absolute atomic E-state index is 9.51. The van der Waals surface area contributed by atoms with Crippen LogP contribution in [-0.4, -0.2) is 18.6 Å². The van der Waals surface area contributed by atoms with E-state index in [2.05, 4.69) is 44.7 Å². The zero-order chi connectivity index (χ0) is 16.3. The van der Waals surface area contributed by atoms with E-state index >= 15 is 0 Å². The monoisotopic (exact) mass is 296 g/mol. The van der Waals surface area contributed by atoms with Gasteiger partial charge in [-0.05, 0) is 50.5 Å². The summed E-state index contributed by atoms with van der Waals surface area (Å²) in [4.78, 5) is 2.34. The van der Waals surface area contributed by atoms with Crippen molar-refractivity contribution in [3.63, 3.8) is 0 Å². The number of hydrogen-bond donors (Lipinski definition) is 0. The fourth-order valence-electron chi connectivity index (χ4n) is 3.36. The third-order valence-electron chi connectivity index (χ3n) is 4.49. The summed E-state index contributed by atoms with van der Waals surface area (Å²) in [5.41, 5.74) is 5.71. The molecule has 0 bridgehead atoms. The van der Waals surface area contributed by atoms with E-state index in [9.17, 15) is 5.26 Å². The lowest BCUT2D eigenvalue weighted by molar-refractivity contribution is 0.414. The van der Waals surface area contributed by atoms with Gasteiger partial charge < -0.3 is 9.64 Å². The van der Waals surface area contributed by atoms with Crippen LogP contribution in [0.1, 0.15) is 51.2 Å². The molecule has 1 aromatic carbocycles. The van der Waals surface area contributed by atoms with Crippen LogP contribution in [0.2, 0.25) is 0 Å². The van der Waals surface area contributed by atoms with Crippen molar-refractivity contribution in [2.45, 2.75) is 40.0 Å². The van der Waals surface area contributed by atoms with E-state index in [1.165, 1.54) is 17.0 Å². The molecule has 22 heavy (non-hydrogen) atoms. The normalized spacial score (nSPS) is 18.1. The van der Waals surface area contributed by atoms with Crippen LogP contribution < -0.4 is 4.74 Å². The smallest absolute Gasteiger partial charge is 0.120 e. The molecule has 0 saturated carbocycles. The van der Waals surface area contributed by atoms with Crippen molar-refractivity contribution in [2.75, 3.05) is 13.7 Å². The van der Waals surface area contributed by atoms with Gasteiger partial charge in [-0.25, -0.2) is 0 Å². The lowest BCUT2D eigenvalue weighted by Crippen LogP contribution is -2.26. The topological polar surface area (TPSA) is 36.3 Å². The summed E-state index contributed by atoms with van der Waals surface area (Å²) in [7, 11) is 1.63. The summed E-state index contributed by atoms with van der Waals surface area (Å²) in [5.74, 6) is 0.902. The standard InChI is InChI=1S/C19H24N2O/c1-6-17-14(4)21(7-2)13(3)10-19(17)18-9-8-16(22-5)11-15(18)12-20/h8-11,19H,6-7H2,1-5H3. The summed E-state index contributed by atoms with van der Waals surface area (Å²) >= 11 is 0. The first-order valence-corrected chi connectivity index (χ1v) is 7.80. The Bertz CT molecular complexity index is 665. The zero-order valence-corrected chi connectivity index (χ0v) is 14.1. The number of methoxy groups -OCH3 is 1. The molecule has 0 radical (unpaired) electrons. The van der Waals surface area contributed by atoms with Crippen molar-refractivity contribution in [1.82, 2.24) is 4.90 Å². The van der Waals surface area contributed by atoms with Gasteiger partial charge in [0.15, 0.2) is 0 Å². The Labute approximate surface area is 133 Å². The Balaban J connectivity index is 2.57. The average Bonchev–Trinajstić information content (AvgIpc) is 2.54. The van der Waals surface area contributed by atoms with Crippen LogP contribution in [0.5, 0.6) is 5.75 Å². The minimum Gasteiger partial charge on any atom is -0.497 e. The van der Waals surface area contributed by atoms with Crippen LogP contribution >= 0.6 is 0 Å². The largest absolute Gasteiger partial charge is 0.497 e. The van der Waals surface area contributed by atoms with Gasteiger partial charge in [0.1, 0.15) is 5.75 Å². The maximum Gasteiger partial charge on any atom is 0.120 e. The molecule has 116 valence electrons. The van der Waals surface area contributed by atoms with Crippen molar-refractivity contribution in [3.05, 3.63) is 52.4 Å². The van der Waals surface area contributed by atoms with E-state index in [0.717, 1.165) is 24.3 Å². The molecule has 0 aliphatic carbocycles. The molecule has 0 N–H and O–H groups in total. The molecule has 0 spiro atoms. The second-order valence-corrected chi connectivity index (χ2v) is 5.56. The molecule has 1 heterocycles. The molecule has 1 aliphatic heterocycles. The molecular formula is C19H24N2O. The fourth-order valence-corrected chi connectivity index (χ4v) is 3.36. The van der Waals surface area contributed by atoms with Gasteiger partial charge in [0.2, 0.25) is 0 Å². The van der Waals surface area contributed by atoms with Gasteiger partial charge in [0, 0.05) is 23.9 Å². The Morgan fingerprint density at radius 1 is 1.27 bits per heavy atom. The van der Waals surface area contributed by atoms with Crippen molar-refractivity contribution < 1.29 is 4.74 Å². The predicted molar refractivity (Wildman–Crippen MR) is 89.6 cm³/mol. The quantitative estimate of drug-likeness (QED) is 0.816. The van der Waals surface area contributed by atoms with Crippen LogP contribution in [0, 0.1) is 11.3 Å². The molecule has 0 aromatic heterocycles. The van der Waals surface area contributed by atoms with E-state index in [1.807, 2.05) is 18.2 Å². The van der Waals surface area contributed by atoms with Crippen LogP contribution in [0.3, 0.4) is 0 Å². The Morgan fingerprint density at radius 2 is 2.00 bits per heavy atom. The van der Waals surface area contributed by atoms with Gasteiger partial charge in [0.05, 0.1) is 18.7 Å². The highest BCUT2D eigenvalue weighted by atomic mass is 16.5. The molecule has 1 unspecified atom stereocenters. The molecule has 0 saturated heterocycles. The molecule has 2 rings (SSSR count). The third kappa shape index (κ3) is 2.74. The van der Waals surface area contributed by atoms with Crippen LogP contribution in [0.25, 0.3) is 0 Å². The summed E-state index contributed by atoms with van der Waals surface area (Å²) in [6.45, 7) is 9.65. The van der Waals surface area contributed by atoms with Gasteiger partial charge in [-0.2, -0.15) is 5.26 Å². The number of ether oxygens (including phenoxy) is 1. The fraction of sp³-hybridized carbons (Fsp3) is 0.421. The summed E-state index contributed by atoms with van der Waals surface area (Å²) < 4.78 is 5.24. The molecule has 1 aliphatic rings. The number of rotatable bonds is 4. The molecule has 0 fully saturated rings. The van der Waals surface area contributed by atoms with E-state index < -0.39 is 0 Å². The summed E-state index contributed by atoms with van der Waals surface area (Å²) in [6.07, 6.45) is 3.26. The van der Waals surface area contributed by atoms with Gasteiger partial charge in [-0.15, -0.1) is 0 Å². The van der Waals surface area contributed by atoms with Crippen LogP contribution in [0.15, 0.2) is 41.2 Å². The van der Waals surface area contributed by atoms with E-state index in [0.29, 0.717) is 5.56 Å². The molecule has 0 amide bonds. The van der Waals surface area contributed by atoms with Crippen molar-refractivity contribution >= 4 is 0 Å². The third-order valence-corrected chi connectivity index (χ3v) is 4.49. The molecule has 1 aromatic rings. The van der Waals surface area contributed by atoms with Crippen molar-refractivity contribution in [3.8, 4) is 11.8 Å². The highest BCUT2D eigenvalue weighted by molar-refractivity contribution is 5.51. The average molecular weight is 296 g/mol. The highest BCUT2D eigenvalue weighted by Crippen LogP contribution is 2.39. The number of benzene rings is 1. The van der Waals surface area contributed by atoms with E-state index in [-0.39, 0.29) is 5.92 Å². The summed E-state index contributed by atoms with van der Waals surface area (Å²) in [6, 6.07) is 8.11. The van der Waals surface area contributed by atoms with Crippen LogP contribution in [0.4, 0.5) is 0 Å². The molecule has 1 atom stereocenters. The van der Waals surface area contributed by atoms with Gasteiger partial charge in [0.25, 0.3) is 0 Å². The molecular weight excluding hydrogens is 272 g/mol. The van der Waals surface area contributed by atoms with Crippen LogP contribution in [-0.2, 0) is 0 Å². The second-order valence-electron chi connectivity index (χ2n) is 5.56. The first-order valence-electron chi connectivity index (χ1n) is 7.80. The van der Waals surface area contributed by atoms with Crippen molar-refractivity contribution in [1.29, 1.82) is 5.26 Å². The number of nitrogens with zero attached hydrogens (tertiary/aromatic N) is 2. The first-order chi connectivity index (χ1) is 10.6.